The molecule has 0 spiro atoms. The van der Waals surface area contributed by atoms with Crippen LogP contribution in [0.2, 0.25) is 0 Å². The van der Waals surface area contributed by atoms with Crippen LogP contribution in [0.15, 0.2) is 53.9 Å². The lowest BCUT2D eigenvalue weighted by atomic mass is 10.2. The molecule has 1 N–H and O–H groups in total. The van der Waals surface area contributed by atoms with E-state index in [9.17, 15) is 18.5 Å². The maximum absolute atomic E-state index is 12.0. The number of rotatable bonds is 5. The van der Waals surface area contributed by atoms with Crippen molar-refractivity contribution in [3.8, 4) is 0 Å². The summed E-state index contributed by atoms with van der Waals surface area (Å²) >= 11 is 0. The predicted octanol–water partition coefficient (Wildman–Crippen LogP) is 3.32. The van der Waals surface area contributed by atoms with Crippen molar-refractivity contribution >= 4 is 27.5 Å². The SMILES string of the molecule is Cc1ccc(/C=C/S(=O)(=O)Nc2cccc([N+](=O)[O-])c2)cc1. The first-order valence-electron chi connectivity index (χ1n) is 6.38. The zero-order valence-electron chi connectivity index (χ0n) is 11.8. The summed E-state index contributed by atoms with van der Waals surface area (Å²) < 4.78 is 26.2. The van der Waals surface area contributed by atoms with E-state index in [2.05, 4.69) is 4.72 Å². The normalized spacial score (nSPS) is 11.5. The lowest BCUT2D eigenvalue weighted by Crippen LogP contribution is -2.08. The van der Waals surface area contributed by atoms with Gasteiger partial charge in [-0.3, -0.25) is 14.8 Å². The Bertz CT molecular complexity index is 812. The Balaban J connectivity index is 2.15. The quantitative estimate of drug-likeness (QED) is 0.676. The molecular formula is C15H14N2O4S. The van der Waals surface area contributed by atoms with E-state index >= 15 is 0 Å². The summed E-state index contributed by atoms with van der Waals surface area (Å²) in [5.74, 6) is 0. The molecule has 7 heteroatoms. The molecule has 0 atom stereocenters. The highest BCUT2D eigenvalue weighted by molar-refractivity contribution is 7.95. The molecule has 0 saturated carbocycles. The molecule has 0 saturated heterocycles. The zero-order valence-corrected chi connectivity index (χ0v) is 12.6. The first-order chi connectivity index (χ1) is 10.4. The number of benzene rings is 2. The Hall–Kier alpha value is -2.67. The fourth-order valence-electron chi connectivity index (χ4n) is 1.73. The van der Waals surface area contributed by atoms with E-state index < -0.39 is 14.9 Å². The molecule has 0 aliphatic carbocycles. The van der Waals surface area contributed by atoms with Gasteiger partial charge in [-0.25, -0.2) is 8.42 Å². The van der Waals surface area contributed by atoms with Crippen LogP contribution in [0.25, 0.3) is 6.08 Å². The number of nitro groups is 1. The predicted molar refractivity (Wildman–Crippen MR) is 85.9 cm³/mol. The van der Waals surface area contributed by atoms with Gasteiger partial charge in [0.15, 0.2) is 0 Å². The monoisotopic (exact) mass is 318 g/mol. The van der Waals surface area contributed by atoms with Crippen molar-refractivity contribution in [2.45, 2.75) is 6.92 Å². The number of sulfonamides is 1. The van der Waals surface area contributed by atoms with Gasteiger partial charge in [-0.15, -0.1) is 0 Å². The maximum atomic E-state index is 12.0. The van der Waals surface area contributed by atoms with Gasteiger partial charge in [0.1, 0.15) is 0 Å². The van der Waals surface area contributed by atoms with Gasteiger partial charge in [-0.1, -0.05) is 35.9 Å². The van der Waals surface area contributed by atoms with E-state index in [-0.39, 0.29) is 11.4 Å². The number of non-ortho nitro benzene ring substituents is 1. The number of anilines is 1. The lowest BCUT2D eigenvalue weighted by molar-refractivity contribution is -0.384. The molecule has 0 fully saturated rings. The minimum Gasteiger partial charge on any atom is -0.280 e. The Morgan fingerprint density at radius 2 is 1.82 bits per heavy atom. The van der Waals surface area contributed by atoms with E-state index in [4.69, 9.17) is 0 Å². The topological polar surface area (TPSA) is 89.3 Å². The molecule has 22 heavy (non-hydrogen) atoms. The fraction of sp³-hybridized carbons (Fsp3) is 0.0667. The summed E-state index contributed by atoms with van der Waals surface area (Å²) in [6.45, 7) is 1.94. The molecular weight excluding hydrogens is 304 g/mol. The molecule has 2 aromatic rings. The Morgan fingerprint density at radius 1 is 1.14 bits per heavy atom. The van der Waals surface area contributed by atoms with Crippen LogP contribution in [-0.2, 0) is 10.0 Å². The summed E-state index contributed by atoms with van der Waals surface area (Å²) in [5.41, 5.74) is 1.79. The van der Waals surface area contributed by atoms with Gasteiger partial charge in [0, 0.05) is 12.1 Å². The average Bonchev–Trinajstić information content (AvgIpc) is 2.46. The first-order valence-corrected chi connectivity index (χ1v) is 7.92. The first kappa shape index (κ1) is 15.7. The van der Waals surface area contributed by atoms with E-state index in [1.807, 2.05) is 19.1 Å². The van der Waals surface area contributed by atoms with Crippen molar-refractivity contribution in [1.29, 1.82) is 0 Å². The van der Waals surface area contributed by atoms with Crippen LogP contribution >= 0.6 is 0 Å². The minimum absolute atomic E-state index is 0.141. The van der Waals surface area contributed by atoms with Gasteiger partial charge >= 0.3 is 0 Å². The van der Waals surface area contributed by atoms with Crippen molar-refractivity contribution in [2.75, 3.05) is 4.72 Å². The second kappa shape index (κ2) is 6.40. The summed E-state index contributed by atoms with van der Waals surface area (Å²) in [6, 6.07) is 12.7. The number of hydrogen-bond donors (Lipinski definition) is 1. The highest BCUT2D eigenvalue weighted by Gasteiger charge is 2.10. The van der Waals surface area contributed by atoms with Crippen LogP contribution < -0.4 is 4.72 Å². The van der Waals surface area contributed by atoms with E-state index in [1.54, 1.807) is 12.1 Å². The van der Waals surface area contributed by atoms with Gasteiger partial charge in [-0.2, -0.15) is 0 Å². The molecule has 2 rings (SSSR count). The number of aryl methyl sites for hydroxylation is 1. The molecule has 0 amide bonds. The molecule has 114 valence electrons. The van der Waals surface area contributed by atoms with E-state index in [0.717, 1.165) is 22.6 Å². The van der Waals surface area contributed by atoms with Crippen LogP contribution in [0, 0.1) is 17.0 Å². The Kier molecular flexibility index (Phi) is 4.57. The molecule has 0 heterocycles. The van der Waals surface area contributed by atoms with Crippen molar-refractivity contribution in [2.24, 2.45) is 0 Å². The number of nitrogens with one attached hydrogen (secondary N) is 1. The molecule has 0 aromatic heterocycles. The Labute approximate surface area is 128 Å². The third-order valence-electron chi connectivity index (χ3n) is 2.83. The van der Waals surface area contributed by atoms with Crippen molar-refractivity contribution in [3.05, 3.63) is 75.2 Å². The molecule has 0 bridgehead atoms. The highest BCUT2D eigenvalue weighted by atomic mass is 32.2. The Morgan fingerprint density at radius 3 is 2.45 bits per heavy atom. The van der Waals surface area contributed by atoms with Crippen LogP contribution in [0.4, 0.5) is 11.4 Å². The average molecular weight is 318 g/mol. The van der Waals surface area contributed by atoms with E-state index in [1.165, 1.54) is 24.3 Å². The van der Waals surface area contributed by atoms with Crippen LogP contribution in [0.5, 0.6) is 0 Å². The van der Waals surface area contributed by atoms with Crippen molar-refractivity contribution < 1.29 is 13.3 Å². The van der Waals surface area contributed by atoms with Crippen LogP contribution in [0.1, 0.15) is 11.1 Å². The molecule has 2 aromatic carbocycles. The van der Waals surface area contributed by atoms with Crippen LogP contribution in [0.3, 0.4) is 0 Å². The number of nitro benzene ring substituents is 1. The fourth-order valence-corrected chi connectivity index (χ4v) is 2.59. The lowest BCUT2D eigenvalue weighted by Gasteiger charge is -2.04. The largest absolute Gasteiger partial charge is 0.280 e. The van der Waals surface area contributed by atoms with E-state index in [0.29, 0.717) is 0 Å². The smallest absolute Gasteiger partial charge is 0.271 e. The maximum Gasteiger partial charge on any atom is 0.271 e. The molecule has 0 aliphatic rings. The third-order valence-corrected chi connectivity index (χ3v) is 3.85. The number of nitrogens with zero attached hydrogens (tertiary/aromatic N) is 1. The van der Waals surface area contributed by atoms with Gasteiger partial charge < -0.3 is 0 Å². The summed E-state index contributed by atoms with van der Waals surface area (Å²) in [6.07, 6.45) is 1.46. The van der Waals surface area contributed by atoms with Crippen molar-refractivity contribution in [1.82, 2.24) is 0 Å². The highest BCUT2D eigenvalue weighted by Crippen LogP contribution is 2.18. The molecule has 0 unspecified atom stereocenters. The summed E-state index contributed by atoms with van der Waals surface area (Å²) in [4.78, 5) is 10.1. The summed E-state index contributed by atoms with van der Waals surface area (Å²) in [5, 5.41) is 11.7. The van der Waals surface area contributed by atoms with Gasteiger partial charge in [-0.05, 0) is 24.6 Å². The molecule has 6 nitrogen and oxygen atoms in total. The van der Waals surface area contributed by atoms with Gasteiger partial charge in [0.05, 0.1) is 16.0 Å². The zero-order chi connectivity index (χ0) is 16.2. The van der Waals surface area contributed by atoms with Crippen molar-refractivity contribution in [3.63, 3.8) is 0 Å². The second-order valence-corrected chi connectivity index (χ2v) is 6.23. The minimum atomic E-state index is -3.74. The molecule has 0 aliphatic heterocycles. The summed E-state index contributed by atoms with van der Waals surface area (Å²) in [7, 11) is -3.74. The molecule has 0 radical (unpaired) electrons. The third kappa shape index (κ3) is 4.42. The standard InChI is InChI=1S/C15H14N2O4S/c1-12-5-7-13(8-6-12)9-10-22(20,21)16-14-3-2-4-15(11-14)17(18)19/h2-11,16H,1H3/b10-9+. The number of hydrogen-bond acceptors (Lipinski definition) is 4. The van der Waals surface area contributed by atoms with Gasteiger partial charge in [0.25, 0.3) is 15.7 Å². The second-order valence-electron chi connectivity index (χ2n) is 4.67. The van der Waals surface area contributed by atoms with Crippen LogP contribution in [-0.4, -0.2) is 13.3 Å². The van der Waals surface area contributed by atoms with Gasteiger partial charge in [0.2, 0.25) is 0 Å².